The van der Waals surface area contributed by atoms with Gasteiger partial charge in [0.25, 0.3) is 0 Å². The van der Waals surface area contributed by atoms with Crippen LogP contribution in [-0.4, -0.2) is 96.7 Å². The zero-order chi connectivity index (χ0) is 70.9. The summed E-state index contributed by atoms with van der Waals surface area (Å²) < 4.78 is 68.5. The first-order chi connectivity index (χ1) is 46.2. The van der Waals surface area contributed by atoms with Gasteiger partial charge in [-0.05, 0) is 69.1 Å². The lowest BCUT2D eigenvalue weighted by atomic mass is 10.0. The smallest absolute Gasteiger partial charge is 0.462 e. The standard InChI is InChI=1S/C77H146O17P2/c1-8-9-10-11-12-13-14-15-16-20-26-31-36-44-51-58-74(79)87-64-72(93-76(81)61-54-47-38-33-28-23-22-25-30-35-42-49-56-69(4)5)66-91-95(83,84)89-62-71(78)63-90-96(85,86)92-67-73(65-88-75(80)59-52-45-40-39-43-50-57-70(6)7)94-77(82)60-53-46-37-32-27-21-18-17-19-24-29-34-41-48-55-68(2)3/h13-16,68-73,78H,8-12,17-67H2,1-7H3,(H,83,84)(H,85,86)/b14-13-,16-15-/t71-,72-,73-/m1/s1. The maximum Gasteiger partial charge on any atom is 0.472 e. The third-order valence-electron chi connectivity index (χ3n) is 17.3. The molecule has 96 heavy (non-hydrogen) atoms. The molecule has 0 aromatic carbocycles. The van der Waals surface area contributed by atoms with E-state index in [1.807, 2.05) is 0 Å². The van der Waals surface area contributed by atoms with E-state index in [-0.39, 0.29) is 25.7 Å². The molecular weight excluding hydrogens is 1260 g/mol. The van der Waals surface area contributed by atoms with Crippen LogP contribution in [0.3, 0.4) is 0 Å². The van der Waals surface area contributed by atoms with Crippen LogP contribution in [0.2, 0.25) is 0 Å². The van der Waals surface area contributed by atoms with Gasteiger partial charge in [0.2, 0.25) is 0 Å². The number of aliphatic hydroxyl groups excluding tert-OH is 1. The van der Waals surface area contributed by atoms with Crippen molar-refractivity contribution < 1.29 is 80.2 Å². The number of rotatable bonds is 73. The Morgan fingerprint density at radius 3 is 0.844 bits per heavy atom. The molecule has 0 heterocycles. The second-order valence-electron chi connectivity index (χ2n) is 28.5. The molecule has 0 aliphatic heterocycles. The molecular formula is C77H146O17P2. The van der Waals surface area contributed by atoms with Crippen LogP contribution in [0.1, 0.15) is 370 Å². The Bertz CT molecular complexity index is 1960. The van der Waals surface area contributed by atoms with E-state index in [1.165, 1.54) is 154 Å². The second-order valence-corrected chi connectivity index (χ2v) is 31.4. The molecule has 17 nitrogen and oxygen atoms in total. The second kappa shape index (κ2) is 67.1. The molecule has 0 amide bonds. The topological polar surface area (TPSA) is 237 Å². The summed E-state index contributed by atoms with van der Waals surface area (Å²) in [6, 6.07) is 0. The summed E-state index contributed by atoms with van der Waals surface area (Å²) in [4.78, 5) is 72.8. The number of carbonyl (C=O) groups is 4. The highest BCUT2D eigenvalue weighted by Gasteiger charge is 2.30. The molecule has 0 radical (unpaired) electrons. The van der Waals surface area contributed by atoms with Gasteiger partial charge in [0.1, 0.15) is 19.3 Å². The molecule has 0 saturated carbocycles. The lowest BCUT2D eigenvalue weighted by molar-refractivity contribution is -0.161. The van der Waals surface area contributed by atoms with Crippen LogP contribution in [0.15, 0.2) is 24.3 Å². The number of ether oxygens (including phenoxy) is 4. The summed E-state index contributed by atoms with van der Waals surface area (Å²) >= 11 is 0. The van der Waals surface area contributed by atoms with E-state index in [9.17, 15) is 43.2 Å². The molecule has 0 aromatic rings. The van der Waals surface area contributed by atoms with Crippen molar-refractivity contribution in [2.75, 3.05) is 39.6 Å². The first-order valence-corrected chi connectivity index (χ1v) is 42.2. The highest BCUT2D eigenvalue weighted by Crippen LogP contribution is 2.45. The van der Waals surface area contributed by atoms with Crippen molar-refractivity contribution in [3.05, 3.63) is 24.3 Å². The Morgan fingerprint density at radius 2 is 0.562 bits per heavy atom. The lowest BCUT2D eigenvalue weighted by Gasteiger charge is -2.21. The molecule has 0 aliphatic carbocycles. The minimum absolute atomic E-state index is 0.0996. The van der Waals surface area contributed by atoms with E-state index in [0.717, 1.165) is 127 Å². The average molecular weight is 1410 g/mol. The van der Waals surface area contributed by atoms with Crippen molar-refractivity contribution in [1.82, 2.24) is 0 Å². The fourth-order valence-electron chi connectivity index (χ4n) is 11.2. The summed E-state index contributed by atoms with van der Waals surface area (Å²) in [5, 5.41) is 10.6. The van der Waals surface area contributed by atoms with Crippen LogP contribution in [0.5, 0.6) is 0 Å². The van der Waals surface area contributed by atoms with Crippen molar-refractivity contribution in [2.45, 2.75) is 388 Å². The Morgan fingerprint density at radius 1 is 0.323 bits per heavy atom. The fraction of sp³-hybridized carbons (Fsp3) is 0.896. The molecule has 0 fully saturated rings. The van der Waals surface area contributed by atoms with E-state index < -0.39 is 97.5 Å². The number of unbranched alkanes of at least 4 members (excludes halogenated alkanes) is 38. The number of phosphoric ester groups is 2. The quantitative estimate of drug-likeness (QED) is 0.0169. The number of carbonyl (C=O) groups excluding carboxylic acids is 4. The highest BCUT2D eigenvalue weighted by molar-refractivity contribution is 7.47. The van der Waals surface area contributed by atoms with Gasteiger partial charge in [-0.2, -0.15) is 0 Å². The first-order valence-electron chi connectivity index (χ1n) is 39.2. The SMILES string of the molecule is CCCCCC/C=C\C=C/CCCCCCCC(=O)OC[C@H](COP(=O)(O)OC[C@@H](O)COP(=O)(O)OC[C@@H](COC(=O)CCCCCCCCC(C)C)OC(=O)CCCCCCCCCCCCCCCCC(C)C)OC(=O)CCCCCCCCCCCCCCC(C)C. The van der Waals surface area contributed by atoms with Gasteiger partial charge in [-0.1, -0.05) is 317 Å². The minimum atomic E-state index is -4.97. The van der Waals surface area contributed by atoms with E-state index in [2.05, 4.69) is 72.8 Å². The molecule has 3 N–H and O–H groups in total. The van der Waals surface area contributed by atoms with E-state index >= 15 is 0 Å². The van der Waals surface area contributed by atoms with Crippen LogP contribution < -0.4 is 0 Å². The predicted octanol–water partition coefficient (Wildman–Crippen LogP) is 22.1. The third kappa shape index (κ3) is 70.0. The van der Waals surface area contributed by atoms with Crippen molar-refractivity contribution in [3.63, 3.8) is 0 Å². The zero-order valence-corrected chi connectivity index (χ0v) is 64.1. The van der Waals surface area contributed by atoms with Gasteiger partial charge in [0.15, 0.2) is 12.2 Å². The summed E-state index contributed by atoms with van der Waals surface area (Å²) in [7, 11) is -9.92. The Kier molecular flexibility index (Phi) is 65.3. The van der Waals surface area contributed by atoms with E-state index in [1.54, 1.807) is 0 Å². The molecule has 0 aromatic heterocycles. The van der Waals surface area contributed by atoms with Crippen molar-refractivity contribution in [3.8, 4) is 0 Å². The number of esters is 4. The Hall–Kier alpha value is -2.46. The van der Waals surface area contributed by atoms with Gasteiger partial charge in [-0.25, -0.2) is 9.13 Å². The zero-order valence-electron chi connectivity index (χ0n) is 62.3. The van der Waals surface area contributed by atoms with Crippen LogP contribution in [0, 0.1) is 17.8 Å². The van der Waals surface area contributed by atoms with Crippen LogP contribution in [0.25, 0.3) is 0 Å². The van der Waals surface area contributed by atoms with Gasteiger partial charge < -0.3 is 33.8 Å². The molecule has 0 rings (SSSR count). The fourth-order valence-corrected chi connectivity index (χ4v) is 12.8. The molecule has 19 heteroatoms. The van der Waals surface area contributed by atoms with Crippen molar-refractivity contribution in [2.24, 2.45) is 17.8 Å². The van der Waals surface area contributed by atoms with Gasteiger partial charge in [-0.15, -0.1) is 0 Å². The number of phosphoric acid groups is 2. The Labute approximate surface area is 586 Å². The molecule has 0 saturated heterocycles. The molecule has 2 unspecified atom stereocenters. The normalized spacial score (nSPS) is 14.2. The lowest BCUT2D eigenvalue weighted by Crippen LogP contribution is -2.30. The Balaban J connectivity index is 5.27. The summed E-state index contributed by atoms with van der Waals surface area (Å²) in [5.74, 6) is 0.0971. The molecule has 0 spiro atoms. The molecule has 566 valence electrons. The highest BCUT2D eigenvalue weighted by atomic mass is 31.2. The molecule has 0 aliphatic rings. The van der Waals surface area contributed by atoms with Gasteiger partial charge >= 0.3 is 39.5 Å². The van der Waals surface area contributed by atoms with E-state index in [4.69, 9.17) is 37.0 Å². The summed E-state index contributed by atoms with van der Waals surface area (Å²) in [6.07, 6.45) is 56.4. The van der Waals surface area contributed by atoms with Gasteiger partial charge in [-0.3, -0.25) is 37.3 Å². The first kappa shape index (κ1) is 93.5. The largest absolute Gasteiger partial charge is 0.472 e. The van der Waals surface area contributed by atoms with Gasteiger partial charge in [0.05, 0.1) is 26.4 Å². The van der Waals surface area contributed by atoms with Crippen molar-refractivity contribution in [1.29, 1.82) is 0 Å². The van der Waals surface area contributed by atoms with Gasteiger partial charge in [0, 0.05) is 25.7 Å². The predicted molar refractivity (Wildman–Crippen MR) is 390 cm³/mol. The van der Waals surface area contributed by atoms with Crippen LogP contribution in [0.4, 0.5) is 0 Å². The van der Waals surface area contributed by atoms with Crippen LogP contribution >= 0.6 is 15.6 Å². The van der Waals surface area contributed by atoms with E-state index in [0.29, 0.717) is 31.6 Å². The average Bonchev–Trinajstić information content (AvgIpc) is 1.09. The molecule has 5 atom stereocenters. The monoisotopic (exact) mass is 1410 g/mol. The number of allylic oxidation sites excluding steroid dienone is 4. The number of hydrogen-bond donors (Lipinski definition) is 3. The number of aliphatic hydroxyl groups is 1. The summed E-state index contributed by atoms with van der Waals surface area (Å²) in [6.45, 7) is 11.8. The van der Waals surface area contributed by atoms with Crippen LogP contribution in [-0.2, 0) is 65.4 Å². The third-order valence-corrected chi connectivity index (χ3v) is 19.2. The van der Waals surface area contributed by atoms with Crippen molar-refractivity contribution >= 4 is 39.5 Å². The molecule has 0 bridgehead atoms. The maximum absolute atomic E-state index is 13.1. The minimum Gasteiger partial charge on any atom is -0.462 e. The number of hydrogen-bond acceptors (Lipinski definition) is 15. The summed E-state index contributed by atoms with van der Waals surface area (Å²) in [5.41, 5.74) is 0. The maximum atomic E-state index is 13.1.